The van der Waals surface area contributed by atoms with Crippen molar-refractivity contribution in [2.45, 2.75) is 33.2 Å². The first kappa shape index (κ1) is 25.9. The smallest absolute Gasteiger partial charge is 0.270 e. The van der Waals surface area contributed by atoms with Crippen LogP contribution >= 0.6 is 23.8 Å². The zero-order valence-electron chi connectivity index (χ0n) is 21.7. The number of thiocarbonyl (C=S) groups is 1. The lowest BCUT2D eigenvalue weighted by molar-refractivity contribution is -0.120. The zero-order chi connectivity index (χ0) is 27.2. The number of para-hydroxylation sites is 2. The molecule has 2 aliphatic rings. The molecule has 5 nitrogen and oxygen atoms in total. The fourth-order valence-corrected chi connectivity index (χ4v) is 5.89. The third kappa shape index (κ3) is 4.34. The lowest BCUT2D eigenvalue weighted by atomic mass is 9.87. The summed E-state index contributed by atoms with van der Waals surface area (Å²) in [6.07, 6.45) is 3.82. The predicted octanol–water partition coefficient (Wildman–Crippen LogP) is 7.11. The van der Waals surface area contributed by atoms with E-state index in [1.807, 2.05) is 48.5 Å². The molecule has 0 radical (unpaired) electrons. The molecule has 38 heavy (non-hydrogen) atoms. The van der Waals surface area contributed by atoms with Gasteiger partial charge in [-0.25, -0.2) is 0 Å². The molecule has 192 valence electrons. The van der Waals surface area contributed by atoms with E-state index in [9.17, 15) is 9.59 Å². The van der Waals surface area contributed by atoms with Crippen molar-refractivity contribution in [1.82, 2.24) is 0 Å². The third-order valence-electron chi connectivity index (χ3n) is 6.99. The molecule has 7 heteroatoms. The Labute approximate surface area is 233 Å². The van der Waals surface area contributed by atoms with E-state index in [0.29, 0.717) is 22.0 Å². The molecule has 0 spiro atoms. The molecule has 0 bridgehead atoms. The number of amides is 2. The largest absolute Gasteiger partial charge is 0.363 e. The van der Waals surface area contributed by atoms with Gasteiger partial charge in [-0.3, -0.25) is 19.4 Å². The number of likely N-dealkylation sites (N-methyl/N-ethyl adjacent to an activating group) is 1. The van der Waals surface area contributed by atoms with Crippen LogP contribution in [-0.2, 0) is 9.59 Å². The van der Waals surface area contributed by atoms with Gasteiger partial charge in [-0.1, -0.05) is 54.1 Å². The number of carbonyl (C=O) groups excluding carboxylic acids is 2. The number of hydrogen-bond donors (Lipinski definition) is 0. The van der Waals surface area contributed by atoms with E-state index in [-0.39, 0.29) is 16.2 Å². The molecule has 0 unspecified atom stereocenters. The molecule has 0 N–H and O–H groups in total. The topological polar surface area (TPSA) is 43.9 Å². The summed E-state index contributed by atoms with van der Waals surface area (Å²) >= 11 is 12.5. The van der Waals surface area contributed by atoms with E-state index in [1.54, 1.807) is 30.3 Å². The number of fused-ring (bicyclic) bond motifs is 1. The normalized spacial score (nSPS) is 17.0. The molecule has 3 aromatic rings. The van der Waals surface area contributed by atoms with Crippen LogP contribution in [0.2, 0.25) is 5.02 Å². The molecule has 2 heterocycles. The maximum atomic E-state index is 13.8. The second-order valence-corrected chi connectivity index (χ2v) is 10.7. The molecule has 5 rings (SSSR count). The SMILES string of the molecule is CCN1c2cc(Cl)c(C=C3C(=O)N(c4ccccc4)C(=S)N(c4ccccc4)C3=O)cc2C(C)=CC1(C)C. The number of carbonyl (C=O) groups is 2. The van der Waals surface area contributed by atoms with E-state index in [0.717, 1.165) is 23.4 Å². The Kier molecular flexibility index (Phi) is 6.72. The average molecular weight is 542 g/mol. The van der Waals surface area contributed by atoms with Crippen molar-refractivity contribution in [1.29, 1.82) is 0 Å². The Morgan fingerprint density at radius 3 is 1.92 bits per heavy atom. The summed E-state index contributed by atoms with van der Waals surface area (Å²) in [6, 6.07) is 22.1. The maximum absolute atomic E-state index is 13.8. The molecule has 0 aromatic heterocycles. The van der Waals surface area contributed by atoms with Gasteiger partial charge in [-0.2, -0.15) is 0 Å². The highest BCUT2D eigenvalue weighted by atomic mass is 35.5. The number of nitrogens with zero attached hydrogens (tertiary/aromatic N) is 3. The average Bonchev–Trinajstić information content (AvgIpc) is 2.88. The standard InChI is InChI=1S/C31H28ClN3O2S/c1-5-33-27-18-26(32)21(16-24(27)20(2)19-31(33,3)4)17-25-28(36)34(22-12-8-6-9-13-22)30(38)35(29(25)37)23-14-10-7-11-15-23/h6-19H,5H2,1-4H3. The van der Waals surface area contributed by atoms with Crippen LogP contribution in [0.4, 0.5) is 17.1 Å². The Hall–Kier alpha value is -3.74. The van der Waals surface area contributed by atoms with E-state index in [1.165, 1.54) is 9.80 Å². The van der Waals surface area contributed by atoms with Crippen molar-refractivity contribution >= 4 is 69.5 Å². The Morgan fingerprint density at radius 1 is 0.895 bits per heavy atom. The Morgan fingerprint density at radius 2 is 1.42 bits per heavy atom. The minimum Gasteiger partial charge on any atom is -0.363 e. The van der Waals surface area contributed by atoms with Crippen LogP contribution in [-0.4, -0.2) is 29.0 Å². The molecule has 2 amide bonds. The van der Waals surface area contributed by atoms with Crippen LogP contribution in [0.5, 0.6) is 0 Å². The first-order valence-corrected chi connectivity index (χ1v) is 13.3. The fourth-order valence-electron chi connectivity index (χ4n) is 5.30. The van der Waals surface area contributed by atoms with Crippen molar-refractivity contribution in [2.75, 3.05) is 21.2 Å². The summed E-state index contributed by atoms with van der Waals surface area (Å²) in [5, 5.41) is 0.567. The van der Waals surface area contributed by atoms with Crippen molar-refractivity contribution < 1.29 is 9.59 Å². The monoisotopic (exact) mass is 541 g/mol. The van der Waals surface area contributed by atoms with Gasteiger partial charge in [-0.05, 0) is 93.5 Å². The molecule has 1 saturated heterocycles. The molecular weight excluding hydrogens is 514 g/mol. The number of halogens is 1. The highest BCUT2D eigenvalue weighted by Crippen LogP contribution is 2.42. The quantitative estimate of drug-likeness (QED) is 0.200. The van der Waals surface area contributed by atoms with Gasteiger partial charge < -0.3 is 4.90 Å². The summed E-state index contributed by atoms with van der Waals surface area (Å²) < 4.78 is 0. The number of allylic oxidation sites excluding steroid dienone is 1. The minimum atomic E-state index is -0.490. The first-order valence-electron chi connectivity index (χ1n) is 12.5. The molecule has 0 aliphatic carbocycles. The van der Waals surface area contributed by atoms with Gasteiger partial charge >= 0.3 is 0 Å². The Bertz CT molecular complexity index is 1450. The van der Waals surface area contributed by atoms with Gasteiger partial charge in [0.25, 0.3) is 11.8 Å². The lowest BCUT2D eigenvalue weighted by Crippen LogP contribution is -2.56. The zero-order valence-corrected chi connectivity index (χ0v) is 23.3. The first-order chi connectivity index (χ1) is 18.1. The minimum absolute atomic E-state index is 0.0155. The second kappa shape index (κ2) is 9.86. The van der Waals surface area contributed by atoms with Gasteiger partial charge in [-0.15, -0.1) is 0 Å². The lowest BCUT2D eigenvalue weighted by Gasteiger charge is -2.43. The van der Waals surface area contributed by atoms with Crippen molar-refractivity contribution in [3.05, 3.63) is 101 Å². The maximum Gasteiger partial charge on any atom is 0.270 e. The van der Waals surface area contributed by atoms with Crippen LogP contribution in [0.1, 0.15) is 38.8 Å². The summed E-state index contributed by atoms with van der Waals surface area (Å²) in [6.45, 7) is 9.34. The van der Waals surface area contributed by atoms with Gasteiger partial charge in [0.2, 0.25) is 0 Å². The number of hydrogen-bond acceptors (Lipinski definition) is 4. The van der Waals surface area contributed by atoms with Crippen molar-refractivity contribution in [2.24, 2.45) is 0 Å². The summed E-state index contributed by atoms with van der Waals surface area (Å²) in [5.41, 5.74) is 4.75. The van der Waals surface area contributed by atoms with Crippen LogP contribution in [0, 0.1) is 0 Å². The number of benzene rings is 3. The predicted molar refractivity (Wildman–Crippen MR) is 161 cm³/mol. The van der Waals surface area contributed by atoms with Gasteiger partial charge in [0.15, 0.2) is 5.11 Å². The van der Waals surface area contributed by atoms with Crippen LogP contribution < -0.4 is 14.7 Å². The van der Waals surface area contributed by atoms with Gasteiger partial charge in [0.05, 0.1) is 16.9 Å². The summed E-state index contributed by atoms with van der Waals surface area (Å²) in [7, 11) is 0. The van der Waals surface area contributed by atoms with Crippen molar-refractivity contribution in [3.63, 3.8) is 0 Å². The van der Waals surface area contributed by atoms with E-state index in [2.05, 4.69) is 38.7 Å². The molecule has 1 fully saturated rings. The number of rotatable bonds is 4. The van der Waals surface area contributed by atoms with Crippen LogP contribution in [0.25, 0.3) is 11.6 Å². The molecule has 0 atom stereocenters. The molecular formula is C31H28ClN3O2S. The molecule has 3 aromatic carbocycles. The summed E-state index contributed by atoms with van der Waals surface area (Å²) in [4.78, 5) is 32.8. The van der Waals surface area contributed by atoms with E-state index >= 15 is 0 Å². The van der Waals surface area contributed by atoms with Crippen molar-refractivity contribution in [3.8, 4) is 0 Å². The van der Waals surface area contributed by atoms with Gasteiger partial charge in [0, 0.05) is 22.8 Å². The molecule has 0 saturated carbocycles. The molecule has 2 aliphatic heterocycles. The second-order valence-electron chi connectivity index (χ2n) is 9.91. The van der Waals surface area contributed by atoms with E-state index < -0.39 is 11.8 Å². The highest BCUT2D eigenvalue weighted by molar-refractivity contribution is 7.81. The van der Waals surface area contributed by atoms with E-state index in [4.69, 9.17) is 23.8 Å². The Balaban J connectivity index is 1.67. The van der Waals surface area contributed by atoms with Crippen LogP contribution in [0.15, 0.2) is 84.4 Å². The highest BCUT2D eigenvalue weighted by Gasteiger charge is 2.41. The third-order valence-corrected chi connectivity index (χ3v) is 7.68. The van der Waals surface area contributed by atoms with Gasteiger partial charge in [0.1, 0.15) is 5.57 Å². The fraction of sp³-hybridized carbons (Fsp3) is 0.194. The van der Waals surface area contributed by atoms with Crippen LogP contribution in [0.3, 0.4) is 0 Å². The summed E-state index contributed by atoms with van der Waals surface area (Å²) in [5.74, 6) is -0.980. The number of anilines is 3.